The van der Waals surface area contributed by atoms with Crippen LogP contribution in [0, 0.1) is 0 Å². The maximum Gasteiger partial charge on any atom is 0.303 e. The number of anilines is 1. The number of carboxylic acids is 1. The molecule has 2 heterocycles. The van der Waals surface area contributed by atoms with Crippen molar-refractivity contribution in [3.05, 3.63) is 83.6 Å². The third kappa shape index (κ3) is 13.3. The number of benzene rings is 2. The van der Waals surface area contributed by atoms with Gasteiger partial charge in [0.1, 0.15) is 16.7 Å². The quantitative estimate of drug-likeness (QED) is 0.0535. The highest BCUT2D eigenvalue weighted by atomic mass is 32.2. The Hall–Kier alpha value is -3.83. The highest BCUT2D eigenvalue weighted by molar-refractivity contribution is 7.86. The first kappa shape index (κ1) is 50.8. The molecule has 62 heavy (non-hydrogen) atoms. The molecule has 2 atom stereocenters. The van der Waals surface area contributed by atoms with Gasteiger partial charge in [0.2, 0.25) is 5.69 Å². The summed E-state index contributed by atoms with van der Waals surface area (Å²) in [6, 6.07) is 8.49. The molecule has 2 aromatic rings. The zero-order valence-corrected chi connectivity index (χ0v) is 37.9. The van der Waals surface area contributed by atoms with Crippen molar-refractivity contribution in [3.8, 4) is 0 Å². The lowest BCUT2D eigenvalue weighted by Crippen LogP contribution is -2.32. The van der Waals surface area contributed by atoms with Gasteiger partial charge in [0.15, 0.2) is 5.71 Å². The fourth-order valence-electron chi connectivity index (χ4n) is 7.99. The average Bonchev–Trinajstić information content (AvgIpc) is 3.56. The van der Waals surface area contributed by atoms with Gasteiger partial charge < -0.3 is 38.1 Å². The van der Waals surface area contributed by atoms with Gasteiger partial charge in [-0.3, -0.25) is 9.35 Å². The molecule has 344 valence electrons. The lowest BCUT2D eigenvalue weighted by molar-refractivity contribution is -0.438. The minimum atomic E-state index is -4.87. The van der Waals surface area contributed by atoms with Crippen molar-refractivity contribution >= 4 is 53.4 Å². The Labute approximate surface area is 365 Å². The van der Waals surface area contributed by atoms with Crippen molar-refractivity contribution in [1.29, 1.82) is 0 Å². The van der Waals surface area contributed by atoms with E-state index in [-0.39, 0.29) is 30.8 Å². The molecule has 2 N–H and O–H groups in total. The van der Waals surface area contributed by atoms with Gasteiger partial charge in [-0.2, -0.15) is 13.0 Å². The van der Waals surface area contributed by atoms with Gasteiger partial charge in [-0.25, -0.2) is 16.8 Å². The SMILES string of the molecule is COCCOCCOCCC1(C)C(=CC=CC=CC2=[N+](CCCCCC(=O)O)c3ccc(S(=O)(=O)[O-])cc3C2(C)CCCS(=O)(=O)[O-])N(CCOC)c2ccc(S(=O)(=O)O)cc21. The Bertz CT molecular complexity index is 2360. The number of ether oxygens (including phenoxy) is 4. The van der Waals surface area contributed by atoms with Crippen molar-refractivity contribution in [2.45, 2.75) is 79.4 Å². The number of carboxylic acid groups (broad SMARTS) is 1. The molecule has 0 radical (unpaired) electrons. The number of allylic oxidation sites excluding steroid dienone is 6. The monoisotopic (exact) mass is 925 g/mol. The highest BCUT2D eigenvalue weighted by Crippen LogP contribution is 2.51. The molecular weight excluding hydrogens is 869 g/mol. The number of fused-ring (bicyclic) bond motifs is 2. The Kier molecular flexibility index (Phi) is 18.2. The van der Waals surface area contributed by atoms with Gasteiger partial charge in [-0.15, -0.1) is 0 Å². The molecule has 2 aliphatic heterocycles. The predicted molar refractivity (Wildman–Crippen MR) is 229 cm³/mol. The lowest BCUT2D eigenvalue weighted by atomic mass is 9.76. The van der Waals surface area contributed by atoms with E-state index < -0.39 is 57.8 Å². The molecule has 0 saturated heterocycles. The van der Waals surface area contributed by atoms with Crippen molar-refractivity contribution in [3.63, 3.8) is 0 Å². The fourth-order valence-corrected chi connectivity index (χ4v) is 9.49. The molecule has 2 unspecified atom stereocenters. The van der Waals surface area contributed by atoms with E-state index in [0.29, 0.717) is 94.3 Å². The normalized spacial score (nSPS) is 20.0. The third-order valence-corrected chi connectivity index (χ3v) is 13.6. The molecule has 17 nitrogen and oxygen atoms in total. The second-order valence-corrected chi connectivity index (χ2v) is 19.8. The minimum absolute atomic E-state index is 0.00845. The van der Waals surface area contributed by atoms with Crippen LogP contribution in [-0.4, -0.2) is 133 Å². The molecule has 4 rings (SSSR count). The zero-order chi connectivity index (χ0) is 45.8. The van der Waals surface area contributed by atoms with Crippen LogP contribution in [0.2, 0.25) is 0 Å². The smallest absolute Gasteiger partial charge is 0.303 e. The Morgan fingerprint density at radius 1 is 0.774 bits per heavy atom. The number of aliphatic carboxylic acids is 1. The molecule has 0 aromatic heterocycles. The second kappa shape index (κ2) is 22.2. The van der Waals surface area contributed by atoms with Crippen LogP contribution in [-0.2, 0) is 64.9 Å². The van der Waals surface area contributed by atoms with Crippen molar-refractivity contribution in [2.75, 3.05) is 77.6 Å². The van der Waals surface area contributed by atoms with Gasteiger partial charge in [-0.05, 0) is 87.9 Å². The van der Waals surface area contributed by atoms with Crippen LogP contribution >= 0.6 is 0 Å². The summed E-state index contributed by atoms with van der Waals surface area (Å²) < 4.78 is 130. The molecule has 0 fully saturated rings. The van der Waals surface area contributed by atoms with E-state index in [1.807, 2.05) is 22.5 Å². The van der Waals surface area contributed by atoms with E-state index >= 15 is 0 Å². The molecule has 0 spiro atoms. The summed E-state index contributed by atoms with van der Waals surface area (Å²) in [5.74, 6) is -1.57. The number of hydrogen-bond donors (Lipinski definition) is 2. The van der Waals surface area contributed by atoms with Crippen LogP contribution in [0.5, 0.6) is 0 Å². The Morgan fingerprint density at radius 2 is 1.44 bits per heavy atom. The van der Waals surface area contributed by atoms with Crippen molar-refractivity contribution < 1.29 is 72.3 Å². The van der Waals surface area contributed by atoms with Gasteiger partial charge in [0, 0.05) is 80.5 Å². The van der Waals surface area contributed by atoms with Gasteiger partial charge in [-0.1, -0.05) is 18.2 Å². The van der Waals surface area contributed by atoms with E-state index in [2.05, 4.69) is 0 Å². The van der Waals surface area contributed by atoms with Crippen LogP contribution in [0.15, 0.2) is 82.3 Å². The summed E-state index contributed by atoms with van der Waals surface area (Å²) >= 11 is 0. The molecule has 0 saturated carbocycles. The molecule has 2 aliphatic rings. The molecule has 0 amide bonds. The molecule has 0 bridgehead atoms. The third-order valence-electron chi connectivity index (χ3n) is 11.1. The molecule has 0 aliphatic carbocycles. The fraction of sp³-hybridized carbons (Fsp3) is 0.524. The lowest BCUT2D eigenvalue weighted by Gasteiger charge is -2.30. The zero-order valence-electron chi connectivity index (χ0n) is 35.5. The highest BCUT2D eigenvalue weighted by Gasteiger charge is 2.48. The first-order valence-corrected chi connectivity index (χ1v) is 24.6. The number of unbranched alkanes of at least 4 members (excludes halogenated alkanes) is 2. The summed E-state index contributed by atoms with van der Waals surface area (Å²) in [4.78, 5) is 12.5. The minimum Gasteiger partial charge on any atom is -0.748 e. The number of rotatable bonds is 27. The predicted octanol–water partition coefficient (Wildman–Crippen LogP) is 4.65. The van der Waals surface area contributed by atoms with Gasteiger partial charge >= 0.3 is 5.97 Å². The number of carbonyl (C=O) groups is 1. The van der Waals surface area contributed by atoms with Gasteiger partial charge in [0.05, 0.1) is 58.4 Å². The topological polar surface area (TPSA) is 249 Å². The summed E-state index contributed by atoms with van der Waals surface area (Å²) in [6.45, 7) is 6.70. The van der Waals surface area contributed by atoms with Crippen LogP contribution in [0.1, 0.15) is 69.9 Å². The van der Waals surface area contributed by atoms with Crippen LogP contribution in [0.4, 0.5) is 11.4 Å². The summed E-state index contributed by atoms with van der Waals surface area (Å²) in [5, 5.41) is 9.14. The first-order valence-electron chi connectivity index (χ1n) is 20.2. The van der Waals surface area contributed by atoms with E-state index in [9.17, 15) is 43.7 Å². The van der Waals surface area contributed by atoms with E-state index in [1.165, 1.54) is 30.3 Å². The largest absolute Gasteiger partial charge is 0.748 e. The van der Waals surface area contributed by atoms with E-state index in [1.54, 1.807) is 51.5 Å². The maximum absolute atomic E-state index is 12.3. The van der Waals surface area contributed by atoms with Crippen LogP contribution in [0.3, 0.4) is 0 Å². The van der Waals surface area contributed by atoms with Crippen LogP contribution in [0.25, 0.3) is 0 Å². The summed E-state index contributed by atoms with van der Waals surface area (Å²) in [7, 11) is -10.8. The number of nitrogens with zero attached hydrogens (tertiary/aromatic N) is 2. The van der Waals surface area contributed by atoms with E-state index in [4.69, 9.17) is 24.1 Å². The molecule has 20 heteroatoms. The van der Waals surface area contributed by atoms with Crippen molar-refractivity contribution in [1.82, 2.24) is 0 Å². The maximum atomic E-state index is 12.3. The standard InChI is InChI=1S/C42H58N2O15S3/c1-41(19-11-29-60(47,48)49)34-30-32(61(50,51)52)15-17-36(34)43(21-10-6-9-14-40(45)46)38(41)12-7-5-8-13-39-42(2,20-23-58-27-28-59-26-25-57-4)35-31-33(62(53,54)55)16-18-37(35)44(39)22-24-56-3/h5,7-8,12-13,15-18,30-31H,6,9-11,14,19-29H2,1-4H3,(H3-,45,46,47,48,49,50,51,52,53,54,55)/p-1. The Morgan fingerprint density at radius 3 is 2.08 bits per heavy atom. The molecular formula is C42H57N2O15S3-. The summed E-state index contributed by atoms with van der Waals surface area (Å²) in [6.07, 6.45) is 11.0. The second-order valence-electron chi connectivity index (χ2n) is 15.5. The average molecular weight is 926 g/mol. The Balaban J connectivity index is 1.77. The number of methoxy groups -OCH3 is 2. The summed E-state index contributed by atoms with van der Waals surface area (Å²) in [5.41, 5.74) is 2.02. The first-order chi connectivity index (χ1) is 29.2. The van der Waals surface area contributed by atoms with Gasteiger partial charge in [0.25, 0.3) is 10.1 Å². The van der Waals surface area contributed by atoms with Crippen LogP contribution < -0.4 is 4.90 Å². The van der Waals surface area contributed by atoms with E-state index in [0.717, 1.165) is 11.4 Å². The van der Waals surface area contributed by atoms with Crippen molar-refractivity contribution in [2.24, 2.45) is 0 Å². The molecule has 2 aromatic carbocycles. The number of hydrogen-bond acceptors (Lipinski definition) is 14.